The van der Waals surface area contributed by atoms with Gasteiger partial charge in [-0.25, -0.2) is 8.78 Å². The second-order valence-corrected chi connectivity index (χ2v) is 4.46. The average Bonchev–Trinajstić information content (AvgIpc) is 2.78. The lowest BCUT2D eigenvalue weighted by Gasteiger charge is -2.05. The third-order valence-electron chi connectivity index (χ3n) is 2.54. The zero-order valence-electron chi connectivity index (χ0n) is 9.47. The van der Waals surface area contributed by atoms with Crippen molar-refractivity contribution in [3.63, 3.8) is 0 Å². The van der Waals surface area contributed by atoms with Gasteiger partial charge in [0.1, 0.15) is 0 Å². The molecule has 1 N–H and O–H groups in total. The van der Waals surface area contributed by atoms with Crippen LogP contribution in [0, 0.1) is 11.6 Å². The first-order valence-corrected chi connectivity index (χ1v) is 6.38. The van der Waals surface area contributed by atoms with Crippen LogP contribution < -0.4 is 5.32 Å². The molecule has 0 saturated carbocycles. The van der Waals surface area contributed by atoms with Crippen molar-refractivity contribution in [1.82, 2.24) is 5.32 Å². The largest absolute Gasteiger partial charge is 0.313 e. The first-order valence-electron chi connectivity index (χ1n) is 5.43. The molecule has 1 aromatic heterocycles. The molecule has 2 rings (SSSR count). The topological polar surface area (TPSA) is 12.0 Å². The number of hydrogen-bond donors (Lipinski definition) is 1. The average molecular weight is 253 g/mol. The highest BCUT2D eigenvalue weighted by Crippen LogP contribution is 2.28. The van der Waals surface area contributed by atoms with Crippen LogP contribution >= 0.6 is 11.3 Å². The lowest BCUT2D eigenvalue weighted by Crippen LogP contribution is -2.11. The number of rotatable bonds is 4. The summed E-state index contributed by atoms with van der Waals surface area (Å²) >= 11 is 1.57. The van der Waals surface area contributed by atoms with E-state index in [0.29, 0.717) is 0 Å². The van der Waals surface area contributed by atoms with Gasteiger partial charge in [0.2, 0.25) is 0 Å². The fraction of sp³-hybridized carbons (Fsp3) is 0.231. The number of thiophene rings is 1. The Kier molecular flexibility index (Phi) is 3.86. The minimum absolute atomic E-state index is 0.720. The molecule has 0 amide bonds. The highest BCUT2D eigenvalue weighted by Gasteiger charge is 2.09. The molecule has 0 bridgehead atoms. The van der Waals surface area contributed by atoms with Gasteiger partial charge in [-0.2, -0.15) is 11.3 Å². The predicted molar refractivity (Wildman–Crippen MR) is 67.1 cm³/mol. The zero-order chi connectivity index (χ0) is 12.3. The van der Waals surface area contributed by atoms with Crippen LogP contribution in [-0.4, -0.2) is 6.54 Å². The van der Waals surface area contributed by atoms with Crippen molar-refractivity contribution in [3.8, 4) is 11.1 Å². The Morgan fingerprint density at radius 1 is 1.18 bits per heavy atom. The van der Waals surface area contributed by atoms with Crippen LogP contribution in [0.25, 0.3) is 11.1 Å². The third-order valence-corrected chi connectivity index (χ3v) is 3.33. The van der Waals surface area contributed by atoms with E-state index in [1.807, 2.05) is 17.7 Å². The zero-order valence-corrected chi connectivity index (χ0v) is 10.3. The predicted octanol–water partition coefficient (Wildman–Crippen LogP) is 3.80. The lowest BCUT2D eigenvalue weighted by atomic mass is 10.0. The first-order chi connectivity index (χ1) is 8.22. The summed E-state index contributed by atoms with van der Waals surface area (Å²) < 4.78 is 26.0. The quantitative estimate of drug-likeness (QED) is 0.873. The molecule has 0 unspecified atom stereocenters. The summed E-state index contributed by atoms with van der Waals surface area (Å²) in [5.41, 5.74) is 2.80. The van der Waals surface area contributed by atoms with Gasteiger partial charge >= 0.3 is 0 Å². The molecule has 90 valence electrons. The summed E-state index contributed by atoms with van der Waals surface area (Å²) in [6, 6.07) is 4.02. The SMILES string of the molecule is CCNCc1cscc1-c1ccc(F)c(F)c1. The number of hydrogen-bond acceptors (Lipinski definition) is 2. The van der Waals surface area contributed by atoms with Crippen LogP contribution in [-0.2, 0) is 6.54 Å². The molecule has 0 aliphatic heterocycles. The van der Waals surface area contributed by atoms with Gasteiger partial charge < -0.3 is 5.32 Å². The Labute approximate surface area is 103 Å². The van der Waals surface area contributed by atoms with E-state index in [9.17, 15) is 8.78 Å². The van der Waals surface area contributed by atoms with Crippen molar-refractivity contribution >= 4 is 11.3 Å². The second-order valence-electron chi connectivity index (χ2n) is 3.72. The van der Waals surface area contributed by atoms with Crippen LogP contribution in [0.15, 0.2) is 29.0 Å². The Hall–Kier alpha value is -1.26. The Bertz CT molecular complexity index is 508. The van der Waals surface area contributed by atoms with Gasteiger partial charge in [0.25, 0.3) is 0 Å². The Morgan fingerprint density at radius 2 is 2.00 bits per heavy atom. The fourth-order valence-corrected chi connectivity index (χ4v) is 2.50. The molecule has 0 aliphatic carbocycles. The molecule has 2 aromatic rings. The molecule has 1 nitrogen and oxygen atoms in total. The number of nitrogens with one attached hydrogen (secondary N) is 1. The molecule has 1 aromatic carbocycles. The van der Waals surface area contributed by atoms with Crippen molar-refractivity contribution in [2.75, 3.05) is 6.54 Å². The summed E-state index contributed by atoms with van der Waals surface area (Å²) in [4.78, 5) is 0. The van der Waals surface area contributed by atoms with Gasteiger partial charge in [0.15, 0.2) is 11.6 Å². The van der Waals surface area contributed by atoms with E-state index < -0.39 is 11.6 Å². The van der Waals surface area contributed by atoms with E-state index >= 15 is 0 Å². The Morgan fingerprint density at radius 3 is 2.71 bits per heavy atom. The molecule has 0 fully saturated rings. The van der Waals surface area contributed by atoms with Gasteiger partial charge in [-0.05, 0) is 46.1 Å². The molecule has 0 aliphatic rings. The highest BCUT2D eigenvalue weighted by atomic mass is 32.1. The first kappa shape index (κ1) is 12.2. The summed E-state index contributed by atoms with van der Waals surface area (Å²) in [7, 11) is 0. The van der Waals surface area contributed by atoms with E-state index in [4.69, 9.17) is 0 Å². The maximum Gasteiger partial charge on any atom is 0.159 e. The lowest BCUT2D eigenvalue weighted by molar-refractivity contribution is 0.509. The van der Waals surface area contributed by atoms with Gasteiger partial charge in [-0.3, -0.25) is 0 Å². The number of benzene rings is 1. The van der Waals surface area contributed by atoms with Crippen molar-refractivity contribution in [2.24, 2.45) is 0 Å². The maximum absolute atomic E-state index is 13.2. The molecular formula is C13H13F2NS. The van der Waals surface area contributed by atoms with Gasteiger partial charge in [0, 0.05) is 6.54 Å². The van der Waals surface area contributed by atoms with Crippen LogP contribution in [0.1, 0.15) is 12.5 Å². The second kappa shape index (κ2) is 5.38. The molecular weight excluding hydrogens is 240 g/mol. The normalized spacial score (nSPS) is 10.8. The van der Waals surface area contributed by atoms with Crippen LogP contribution in [0.3, 0.4) is 0 Å². The van der Waals surface area contributed by atoms with Crippen LogP contribution in [0.5, 0.6) is 0 Å². The smallest absolute Gasteiger partial charge is 0.159 e. The van der Waals surface area contributed by atoms with E-state index in [2.05, 4.69) is 5.32 Å². The van der Waals surface area contributed by atoms with Crippen molar-refractivity contribution in [3.05, 3.63) is 46.2 Å². The molecule has 1 heterocycles. The van der Waals surface area contributed by atoms with Gasteiger partial charge in [-0.1, -0.05) is 13.0 Å². The Balaban J connectivity index is 2.32. The van der Waals surface area contributed by atoms with Gasteiger partial charge in [0.05, 0.1) is 0 Å². The van der Waals surface area contributed by atoms with Crippen LogP contribution in [0.4, 0.5) is 8.78 Å². The van der Waals surface area contributed by atoms with Crippen molar-refractivity contribution in [1.29, 1.82) is 0 Å². The van der Waals surface area contributed by atoms with Gasteiger partial charge in [-0.15, -0.1) is 0 Å². The minimum Gasteiger partial charge on any atom is -0.313 e. The fourth-order valence-electron chi connectivity index (χ4n) is 1.64. The number of halogens is 2. The standard InChI is InChI=1S/C13H13F2NS/c1-2-16-6-10-7-17-8-11(10)9-3-4-12(14)13(15)5-9/h3-5,7-8,16H,2,6H2,1H3. The minimum atomic E-state index is -0.808. The molecule has 0 radical (unpaired) electrons. The summed E-state index contributed by atoms with van der Waals surface area (Å²) in [6.07, 6.45) is 0. The van der Waals surface area contributed by atoms with E-state index in [1.165, 1.54) is 12.1 Å². The maximum atomic E-state index is 13.2. The van der Waals surface area contributed by atoms with E-state index in [0.717, 1.165) is 29.8 Å². The summed E-state index contributed by atoms with van der Waals surface area (Å²) in [5, 5.41) is 7.21. The highest BCUT2D eigenvalue weighted by molar-refractivity contribution is 7.08. The molecule has 0 spiro atoms. The summed E-state index contributed by atoms with van der Waals surface area (Å²) in [5.74, 6) is -1.61. The van der Waals surface area contributed by atoms with Crippen molar-refractivity contribution < 1.29 is 8.78 Å². The van der Waals surface area contributed by atoms with Crippen molar-refractivity contribution in [2.45, 2.75) is 13.5 Å². The molecule has 0 saturated heterocycles. The van der Waals surface area contributed by atoms with Crippen LogP contribution in [0.2, 0.25) is 0 Å². The third kappa shape index (κ3) is 2.70. The summed E-state index contributed by atoms with van der Waals surface area (Å²) in [6.45, 7) is 3.66. The molecule has 0 atom stereocenters. The monoisotopic (exact) mass is 253 g/mol. The molecule has 17 heavy (non-hydrogen) atoms. The van der Waals surface area contributed by atoms with E-state index in [-0.39, 0.29) is 0 Å². The molecule has 4 heteroatoms. The van der Waals surface area contributed by atoms with E-state index in [1.54, 1.807) is 17.4 Å².